The lowest BCUT2D eigenvalue weighted by Crippen LogP contribution is -2.29. The van der Waals surface area contributed by atoms with Crippen LogP contribution in [0.3, 0.4) is 0 Å². The number of carbonyl (C=O) groups excluding carboxylic acids is 4. The Labute approximate surface area is 208 Å². The summed E-state index contributed by atoms with van der Waals surface area (Å²) in [4.78, 5) is 52.0. The van der Waals surface area contributed by atoms with E-state index in [9.17, 15) is 19.2 Å². The highest BCUT2D eigenvalue weighted by molar-refractivity contribution is 6.21. The number of amides is 4. The molecule has 1 fully saturated rings. The van der Waals surface area contributed by atoms with Crippen LogP contribution in [-0.2, 0) is 11.3 Å². The second-order valence-electron chi connectivity index (χ2n) is 8.80. The SMILES string of the molecule is CCOc1ccc(CN2C(=O)c3ccccc3C2=O)cc1C(=O)Nc1cccc(NC(=O)C2CC2)c1. The number of benzene rings is 3. The Morgan fingerprint density at radius 2 is 1.56 bits per heavy atom. The maximum atomic E-state index is 13.2. The van der Waals surface area contributed by atoms with Crippen LogP contribution in [0.1, 0.15) is 56.4 Å². The molecule has 0 spiro atoms. The Morgan fingerprint density at radius 3 is 2.19 bits per heavy atom. The third-order valence-electron chi connectivity index (χ3n) is 6.14. The molecule has 1 saturated carbocycles. The van der Waals surface area contributed by atoms with E-state index in [-0.39, 0.29) is 35.7 Å². The van der Waals surface area contributed by atoms with E-state index in [2.05, 4.69) is 10.6 Å². The molecule has 182 valence electrons. The molecule has 1 aliphatic carbocycles. The number of hydrogen-bond acceptors (Lipinski definition) is 5. The fourth-order valence-corrected chi connectivity index (χ4v) is 4.16. The molecule has 0 bridgehead atoms. The number of nitrogens with zero attached hydrogens (tertiary/aromatic N) is 1. The van der Waals surface area contributed by atoms with Gasteiger partial charge in [0.25, 0.3) is 17.7 Å². The zero-order valence-corrected chi connectivity index (χ0v) is 19.7. The second kappa shape index (κ2) is 9.65. The van der Waals surface area contributed by atoms with Crippen LogP contribution >= 0.6 is 0 Å². The monoisotopic (exact) mass is 483 g/mol. The number of carbonyl (C=O) groups is 4. The van der Waals surface area contributed by atoms with E-state index in [1.807, 2.05) is 6.92 Å². The summed E-state index contributed by atoms with van der Waals surface area (Å²) in [6.07, 6.45) is 1.80. The van der Waals surface area contributed by atoms with Crippen LogP contribution in [0.2, 0.25) is 0 Å². The molecule has 4 amide bonds. The Balaban J connectivity index is 1.35. The van der Waals surface area contributed by atoms with Crippen LogP contribution in [0.4, 0.5) is 11.4 Å². The number of hydrogen-bond donors (Lipinski definition) is 2. The first-order valence-electron chi connectivity index (χ1n) is 11.9. The maximum Gasteiger partial charge on any atom is 0.261 e. The second-order valence-corrected chi connectivity index (χ2v) is 8.80. The predicted octanol–water partition coefficient (Wildman–Crippen LogP) is 4.48. The number of ether oxygens (including phenoxy) is 1. The Hall–Kier alpha value is -4.46. The molecule has 3 aromatic rings. The molecule has 0 unspecified atom stereocenters. The van der Waals surface area contributed by atoms with Gasteiger partial charge in [0.05, 0.1) is 29.8 Å². The number of fused-ring (bicyclic) bond motifs is 1. The summed E-state index contributed by atoms with van der Waals surface area (Å²) in [7, 11) is 0. The Bertz CT molecular complexity index is 1340. The molecular formula is C28H25N3O5. The maximum absolute atomic E-state index is 13.2. The van der Waals surface area contributed by atoms with Gasteiger partial charge in [-0.2, -0.15) is 0 Å². The van der Waals surface area contributed by atoms with Gasteiger partial charge in [0.15, 0.2) is 0 Å². The minimum Gasteiger partial charge on any atom is -0.493 e. The molecule has 36 heavy (non-hydrogen) atoms. The van der Waals surface area contributed by atoms with Crippen molar-refractivity contribution in [2.24, 2.45) is 5.92 Å². The van der Waals surface area contributed by atoms with Crippen molar-refractivity contribution in [3.8, 4) is 5.75 Å². The largest absolute Gasteiger partial charge is 0.493 e. The molecule has 2 N–H and O–H groups in total. The lowest BCUT2D eigenvalue weighted by atomic mass is 10.1. The first kappa shape index (κ1) is 23.3. The quantitative estimate of drug-likeness (QED) is 0.460. The molecule has 3 aromatic carbocycles. The van der Waals surface area contributed by atoms with Crippen molar-refractivity contribution in [3.05, 3.63) is 89.0 Å². The van der Waals surface area contributed by atoms with Crippen molar-refractivity contribution in [1.82, 2.24) is 4.90 Å². The van der Waals surface area contributed by atoms with E-state index in [0.29, 0.717) is 40.4 Å². The van der Waals surface area contributed by atoms with Crippen molar-refractivity contribution in [2.45, 2.75) is 26.3 Å². The third-order valence-corrected chi connectivity index (χ3v) is 6.14. The fraction of sp³-hybridized carbons (Fsp3) is 0.214. The molecule has 2 aliphatic rings. The highest BCUT2D eigenvalue weighted by Crippen LogP contribution is 2.31. The zero-order chi connectivity index (χ0) is 25.2. The van der Waals surface area contributed by atoms with Gasteiger partial charge in [-0.05, 0) is 67.8 Å². The first-order chi connectivity index (χ1) is 17.4. The van der Waals surface area contributed by atoms with Gasteiger partial charge < -0.3 is 15.4 Å². The van der Waals surface area contributed by atoms with Crippen molar-refractivity contribution >= 4 is 35.0 Å². The molecule has 0 aromatic heterocycles. The van der Waals surface area contributed by atoms with Gasteiger partial charge in [-0.1, -0.05) is 24.3 Å². The normalized spacial score (nSPS) is 14.4. The fourth-order valence-electron chi connectivity index (χ4n) is 4.16. The summed E-state index contributed by atoms with van der Waals surface area (Å²) in [5.41, 5.74) is 2.76. The van der Waals surface area contributed by atoms with Crippen LogP contribution in [0.25, 0.3) is 0 Å². The van der Waals surface area contributed by atoms with E-state index < -0.39 is 5.91 Å². The minimum atomic E-state index is -0.409. The lowest BCUT2D eigenvalue weighted by molar-refractivity contribution is -0.117. The number of rotatable bonds is 8. The van der Waals surface area contributed by atoms with Crippen molar-refractivity contribution in [3.63, 3.8) is 0 Å². The molecule has 1 heterocycles. The van der Waals surface area contributed by atoms with Gasteiger partial charge in [0, 0.05) is 17.3 Å². The van der Waals surface area contributed by atoms with Crippen LogP contribution in [-0.4, -0.2) is 35.1 Å². The summed E-state index contributed by atoms with van der Waals surface area (Å²) in [6.45, 7) is 2.21. The highest BCUT2D eigenvalue weighted by atomic mass is 16.5. The van der Waals surface area contributed by atoms with Gasteiger partial charge in [0.2, 0.25) is 5.91 Å². The zero-order valence-electron chi connectivity index (χ0n) is 19.7. The molecule has 8 nitrogen and oxygen atoms in total. The van der Waals surface area contributed by atoms with Gasteiger partial charge in [-0.15, -0.1) is 0 Å². The summed E-state index contributed by atoms with van der Waals surface area (Å²) in [6, 6.07) is 18.7. The third kappa shape index (κ3) is 4.70. The van der Waals surface area contributed by atoms with Gasteiger partial charge >= 0.3 is 0 Å². The van der Waals surface area contributed by atoms with Crippen LogP contribution in [0.5, 0.6) is 5.75 Å². The number of anilines is 2. The van der Waals surface area contributed by atoms with E-state index in [4.69, 9.17) is 4.74 Å². The number of imide groups is 1. The van der Waals surface area contributed by atoms with Crippen LogP contribution in [0.15, 0.2) is 66.7 Å². The Kier molecular flexibility index (Phi) is 6.25. The van der Waals surface area contributed by atoms with Gasteiger partial charge in [-0.3, -0.25) is 24.1 Å². The summed E-state index contributed by atoms with van der Waals surface area (Å²) < 4.78 is 5.66. The molecule has 0 atom stereocenters. The lowest BCUT2D eigenvalue weighted by Gasteiger charge is -2.17. The van der Waals surface area contributed by atoms with E-state index >= 15 is 0 Å². The van der Waals surface area contributed by atoms with Crippen molar-refractivity contribution < 1.29 is 23.9 Å². The molecule has 0 radical (unpaired) electrons. The van der Waals surface area contributed by atoms with Crippen molar-refractivity contribution in [2.75, 3.05) is 17.2 Å². The molecule has 0 saturated heterocycles. The summed E-state index contributed by atoms with van der Waals surface area (Å²) >= 11 is 0. The minimum absolute atomic E-state index is 0.0158. The van der Waals surface area contributed by atoms with Gasteiger partial charge in [0.1, 0.15) is 5.75 Å². The van der Waals surface area contributed by atoms with E-state index in [1.165, 1.54) is 4.90 Å². The van der Waals surface area contributed by atoms with Crippen LogP contribution in [0, 0.1) is 5.92 Å². The van der Waals surface area contributed by atoms with E-state index in [1.54, 1.807) is 66.7 Å². The molecular weight excluding hydrogens is 458 g/mol. The smallest absolute Gasteiger partial charge is 0.261 e. The average molecular weight is 484 g/mol. The summed E-state index contributed by atoms with van der Waals surface area (Å²) in [5, 5.41) is 5.72. The Morgan fingerprint density at radius 1 is 0.889 bits per heavy atom. The van der Waals surface area contributed by atoms with E-state index in [0.717, 1.165) is 12.8 Å². The standard InChI is InChI=1S/C28H25N3O5/c1-2-36-24-13-10-17(16-31-27(34)21-8-3-4-9-22(21)28(31)35)14-23(24)26(33)30-20-7-5-6-19(15-20)29-25(32)18-11-12-18/h3-10,13-15,18H,2,11-12,16H2,1H3,(H,29,32)(H,30,33). The predicted molar refractivity (Wildman–Crippen MR) is 134 cm³/mol. The first-order valence-corrected chi connectivity index (χ1v) is 11.9. The molecule has 8 heteroatoms. The molecule has 5 rings (SSSR count). The average Bonchev–Trinajstić information content (AvgIpc) is 3.70. The topological polar surface area (TPSA) is 105 Å². The highest BCUT2D eigenvalue weighted by Gasteiger charge is 2.35. The molecule has 1 aliphatic heterocycles. The van der Waals surface area contributed by atoms with Crippen LogP contribution < -0.4 is 15.4 Å². The van der Waals surface area contributed by atoms with Gasteiger partial charge in [-0.25, -0.2) is 0 Å². The number of nitrogens with one attached hydrogen (secondary N) is 2. The van der Waals surface area contributed by atoms with Crippen molar-refractivity contribution in [1.29, 1.82) is 0 Å². The summed E-state index contributed by atoms with van der Waals surface area (Å²) in [5.74, 6) is -0.686.